The Kier molecular flexibility index (Phi) is 5.78. The molecular formula is C21H23BrN2O5S. The van der Waals surface area contributed by atoms with E-state index in [1.165, 1.54) is 25.6 Å². The predicted octanol–water partition coefficient (Wildman–Crippen LogP) is 4.14. The summed E-state index contributed by atoms with van der Waals surface area (Å²) in [4.78, 5) is 12.6. The minimum absolute atomic E-state index is 0.127. The standard InChI is InChI=1S/C21H23BrN2O5S/c1-24(30(26,27)17-8-5-15(22)6-9-17)14-20(25)23-16-7-10-18-19(13-16)29-21(28-18)11-3-2-4-12-21/h5-10,13H,2-4,11-12,14H2,1H3,(H,23,25). The van der Waals surface area contributed by atoms with Crippen LogP contribution in [0.15, 0.2) is 51.8 Å². The molecule has 1 aliphatic carbocycles. The summed E-state index contributed by atoms with van der Waals surface area (Å²) in [5.74, 6) is 0.252. The van der Waals surface area contributed by atoms with Crippen LogP contribution in [0.3, 0.4) is 0 Å². The van der Waals surface area contributed by atoms with Crippen molar-refractivity contribution in [2.75, 3.05) is 18.9 Å². The summed E-state index contributed by atoms with van der Waals surface area (Å²) in [6.45, 7) is -0.309. The second-order valence-electron chi connectivity index (χ2n) is 7.60. The highest BCUT2D eigenvalue weighted by Gasteiger charge is 2.42. The first-order valence-corrected chi connectivity index (χ1v) is 12.0. The monoisotopic (exact) mass is 494 g/mol. The fourth-order valence-electron chi connectivity index (χ4n) is 3.74. The van der Waals surface area contributed by atoms with E-state index in [1.54, 1.807) is 30.3 Å². The minimum Gasteiger partial charge on any atom is -0.448 e. The lowest BCUT2D eigenvalue weighted by Gasteiger charge is -2.31. The number of hydrogen-bond donors (Lipinski definition) is 1. The number of nitrogens with one attached hydrogen (secondary N) is 1. The number of likely N-dealkylation sites (N-methyl/N-ethyl adjacent to an activating group) is 1. The molecule has 7 nitrogen and oxygen atoms in total. The maximum atomic E-state index is 12.7. The molecule has 9 heteroatoms. The van der Waals surface area contributed by atoms with E-state index < -0.39 is 21.7 Å². The molecule has 2 aromatic rings. The van der Waals surface area contributed by atoms with E-state index in [-0.39, 0.29) is 11.4 Å². The Morgan fingerprint density at radius 3 is 2.43 bits per heavy atom. The van der Waals surface area contributed by atoms with E-state index >= 15 is 0 Å². The molecule has 1 spiro atoms. The molecule has 0 unspecified atom stereocenters. The van der Waals surface area contributed by atoms with Gasteiger partial charge in [0.2, 0.25) is 15.9 Å². The normalized spacial score (nSPS) is 17.3. The summed E-state index contributed by atoms with van der Waals surface area (Å²) in [7, 11) is -2.39. The third-order valence-electron chi connectivity index (χ3n) is 5.32. The predicted molar refractivity (Wildman–Crippen MR) is 116 cm³/mol. The van der Waals surface area contributed by atoms with Gasteiger partial charge < -0.3 is 14.8 Å². The lowest BCUT2D eigenvalue weighted by Crippen LogP contribution is -2.40. The van der Waals surface area contributed by atoms with Crippen LogP contribution in [-0.4, -0.2) is 38.0 Å². The van der Waals surface area contributed by atoms with Crippen molar-refractivity contribution in [3.05, 3.63) is 46.9 Å². The summed E-state index contributed by atoms with van der Waals surface area (Å²) in [6.07, 6.45) is 5.01. The Morgan fingerprint density at radius 2 is 1.73 bits per heavy atom. The summed E-state index contributed by atoms with van der Waals surface area (Å²) in [6, 6.07) is 11.5. The van der Waals surface area contributed by atoms with E-state index in [2.05, 4.69) is 21.2 Å². The highest BCUT2D eigenvalue weighted by Crippen LogP contribution is 2.46. The fourth-order valence-corrected chi connectivity index (χ4v) is 5.13. The Hall–Kier alpha value is -2.10. The molecule has 1 saturated carbocycles. The molecule has 1 N–H and O–H groups in total. The molecule has 0 bridgehead atoms. The number of fused-ring (bicyclic) bond motifs is 1. The summed E-state index contributed by atoms with van der Waals surface area (Å²) >= 11 is 3.28. The highest BCUT2D eigenvalue weighted by molar-refractivity contribution is 9.10. The van der Waals surface area contributed by atoms with Gasteiger partial charge in [-0.2, -0.15) is 4.31 Å². The molecule has 1 heterocycles. The van der Waals surface area contributed by atoms with E-state index in [9.17, 15) is 13.2 Å². The number of ether oxygens (including phenoxy) is 2. The number of sulfonamides is 1. The van der Waals surface area contributed by atoms with Crippen molar-refractivity contribution < 1.29 is 22.7 Å². The quantitative estimate of drug-likeness (QED) is 0.674. The number of hydrogen-bond acceptors (Lipinski definition) is 5. The largest absolute Gasteiger partial charge is 0.448 e. The zero-order valence-corrected chi connectivity index (χ0v) is 19.0. The molecular weight excluding hydrogens is 472 g/mol. The maximum absolute atomic E-state index is 12.7. The number of amides is 1. The van der Waals surface area contributed by atoms with Crippen LogP contribution in [-0.2, 0) is 14.8 Å². The SMILES string of the molecule is CN(CC(=O)Nc1ccc2c(c1)OC1(CCCCC1)O2)S(=O)(=O)c1ccc(Br)cc1. The summed E-state index contributed by atoms with van der Waals surface area (Å²) < 4.78 is 39.2. The number of anilines is 1. The molecule has 1 aliphatic heterocycles. The van der Waals surface area contributed by atoms with Crippen molar-refractivity contribution in [1.82, 2.24) is 4.31 Å². The van der Waals surface area contributed by atoms with Gasteiger partial charge in [0.25, 0.3) is 5.79 Å². The summed E-state index contributed by atoms with van der Waals surface area (Å²) in [5, 5.41) is 2.74. The Morgan fingerprint density at radius 1 is 1.07 bits per heavy atom. The Balaban J connectivity index is 1.40. The molecule has 1 amide bonds. The van der Waals surface area contributed by atoms with Crippen molar-refractivity contribution in [3.8, 4) is 11.5 Å². The van der Waals surface area contributed by atoms with Crippen LogP contribution in [0.1, 0.15) is 32.1 Å². The van der Waals surface area contributed by atoms with E-state index in [4.69, 9.17) is 9.47 Å². The fraction of sp³-hybridized carbons (Fsp3) is 0.381. The number of rotatable bonds is 5. The van der Waals surface area contributed by atoms with Crippen LogP contribution in [0.2, 0.25) is 0 Å². The number of nitrogens with zero attached hydrogens (tertiary/aromatic N) is 1. The van der Waals surface area contributed by atoms with Crippen LogP contribution in [0.5, 0.6) is 11.5 Å². The maximum Gasteiger partial charge on any atom is 0.251 e. The lowest BCUT2D eigenvalue weighted by molar-refractivity contribution is -0.116. The van der Waals surface area contributed by atoms with Gasteiger partial charge in [-0.1, -0.05) is 22.4 Å². The van der Waals surface area contributed by atoms with Crippen molar-refractivity contribution >= 4 is 37.5 Å². The second kappa shape index (κ2) is 8.20. The van der Waals surface area contributed by atoms with Gasteiger partial charge in [-0.25, -0.2) is 8.42 Å². The van der Waals surface area contributed by atoms with Gasteiger partial charge >= 0.3 is 0 Å². The van der Waals surface area contributed by atoms with Gasteiger partial charge in [0.05, 0.1) is 11.4 Å². The van der Waals surface area contributed by atoms with Crippen LogP contribution in [0.25, 0.3) is 0 Å². The van der Waals surface area contributed by atoms with Gasteiger partial charge in [0.15, 0.2) is 11.5 Å². The molecule has 0 atom stereocenters. The molecule has 160 valence electrons. The number of carbonyl (C=O) groups excluding carboxylic acids is 1. The topological polar surface area (TPSA) is 84.9 Å². The van der Waals surface area contributed by atoms with Gasteiger partial charge in [0.1, 0.15) is 0 Å². The zero-order chi connectivity index (χ0) is 21.4. The van der Waals surface area contributed by atoms with Crippen LogP contribution in [0.4, 0.5) is 5.69 Å². The number of carbonyl (C=O) groups is 1. The van der Waals surface area contributed by atoms with Crippen molar-refractivity contribution in [3.63, 3.8) is 0 Å². The van der Waals surface area contributed by atoms with Crippen molar-refractivity contribution in [1.29, 1.82) is 0 Å². The molecule has 4 rings (SSSR count). The third-order valence-corrected chi connectivity index (χ3v) is 7.67. The first-order valence-electron chi connectivity index (χ1n) is 9.81. The van der Waals surface area contributed by atoms with Crippen molar-refractivity contribution in [2.24, 2.45) is 0 Å². The van der Waals surface area contributed by atoms with E-state index in [0.717, 1.165) is 34.5 Å². The van der Waals surface area contributed by atoms with Crippen LogP contribution in [0, 0.1) is 0 Å². The van der Waals surface area contributed by atoms with Gasteiger partial charge in [-0.3, -0.25) is 4.79 Å². The molecule has 2 aliphatic rings. The van der Waals surface area contributed by atoms with Crippen molar-refractivity contribution in [2.45, 2.75) is 42.8 Å². The smallest absolute Gasteiger partial charge is 0.251 e. The zero-order valence-electron chi connectivity index (χ0n) is 16.6. The molecule has 0 radical (unpaired) electrons. The molecule has 30 heavy (non-hydrogen) atoms. The minimum atomic E-state index is -3.76. The van der Waals surface area contributed by atoms with E-state index in [1.807, 2.05) is 0 Å². The number of benzene rings is 2. The Labute approximate surface area is 184 Å². The summed E-state index contributed by atoms with van der Waals surface area (Å²) in [5.41, 5.74) is 0.532. The Bertz CT molecular complexity index is 1050. The van der Waals surface area contributed by atoms with Crippen LogP contribution >= 0.6 is 15.9 Å². The highest BCUT2D eigenvalue weighted by atomic mass is 79.9. The molecule has 2 aromatic carbocycles. The average Bonchev–Trinajstić information content (AvgIpc) is 3.05. The van der Waals surface area contributed by atoms with E-state index in [0.29, 0.717) is 17.2 Å². The first kappa shape index (κ1) is 21.1. The molecule has 0 saturated heterocycles. The van der Waals surface area contributed by atoms with Gasteiger partial charge in [0, 0.05) is 36.1 Å². The molecule has 0 aromatic heterocycles. The average molecular weight is 495 g/mol. The number of halogens is 1. The van der Waals surface area contributed by atoms with Crippen LogP contribution < -0.4 is 14.8 Å². The first-order chi connectivity index (χ1) is 14.3. The second-order valence-corrected chi connectivity index (χ2v) is 10.6. The third kappa shape index (κ3) is 4.33. The molecule has 1 fully saturated rings. The van der Waals surface area contributed by atoms with Gasteiger partial charge in [-0.15, -0.1) is 0 Å². The lowest BCUT2D eigenvalue weighted by atomic mass is 9.94. The van der Waals surface area contributed by atoms with Gasteiger partial charge in [-0.05, 0) is 49.2 Å².